The van der Waals surface area contributed by atoms with Gasteiger partial charge in [0.2, 0.25) is 0 Å². The quantitative estimate of drug-likeness (QED) is 0.205. The van der Waals surface area contributed by atoms with Gasteiger partial charge in [0.1, 0.15) is 17.5 Å². The Morgan fingerprint density at radius 1 is 0.887 bits per heavy atom. The predicted octanol–water partition coefficient (Wildman–Crippen LogP) is 11.2. The van der Waals surface area contributed by atoms with E-state index >= 15 is 0 Å². The number of pyridine rings is 2. The molecule has 1 saturated heterocycles. The monoisotopic (exact) mass is 714 g/mol. The summed E-state index contributed by atoms with van der Waals surface area (Å²) in [5.74, 6) is 5.28. The molecule has 3 saturated carbocycles. The summed E-state index contributed by atoms with van der Waals surface area (Å²) in [7, 11) is 0. The zero-order chi connectivity index (χ0) is 37.8. The molecule has 9 rings (SSSR count). The highest BCUT2D eigenvalue weighted by Gasteiger charge is 2.85. The van der Waals surface area contributed by atoms with Crippen molar-refractivity contribution in [2.45, 2.75) is 111 Å². The van der Waals surface area contributed by atoms with Gasteiger partial charge in [0, 0.05) is 36.1 Å². The van der Waals surface area contributed by atoms with Crippen LogP contribution in [0.15, 0.2) is 86.6 Å². The summed E-state index contributed by atoms with van der Waals surface area (Å²) in [6.45, 7) is 25.5. The van der Waals surface area contributed by atoms with Crippen LogP contribution in [0.1, 0.15) is 108 Å². The van der Waals surface area contributed by atoms with Crippen LogP contribution in [-0.4, -0.2) is 38.4 Å². The molecule has 2 N–H and O–H groups in total. The van der Waals surface area contributed by atoms with Gasteiger partial charge in [-0.25, -0.2) is 14.6 Å². The Hall–Kier alpha value is -4.39. The largest absolute Gasteiger partial charge is 0.370 e. The Balaban J connectivity index is 0.000000193. The summed E-state index contributed by atoms with van der Waals surface area (Å²) in [6, 6.07) is 20.7. The first-order valence-electron chi connectivity index (χ1n) is 20.1. The molecule has 5 aliphatic rings. The van der Waals surface area contributed by atoms with Gasteiger partial charge in [0.05, 0.1) is 5.69 Å². The van der Waals surface area contributed by atoms with E-state index in [0.717, 1.165) is 89.0 Å². The molecule has 4 aromatic rings. The van der Waals surface area contributed by atoms with E-state index in [4.69, 9.17) is 9.97 Å². The number of aryl methyl sites for hydroxylation is 3. The average Bonchev–Trinajstić information content (AvgIpc) is 4.11. The second-order valence-corrected chi connectivity index (χ2v) is 16.5. The smallest absolute Gasteiger partial charge is 0.155 e. The van der Waals surface area contributed by atoms with Crippen molar-refractivity contribution in [2.24, 2.45) is 22.7 Å². The molecule has 7 heteroatoms. The third-order valence-electron chi connectivity index (χ3n) is 12.4. The molecule has 2 aliphatic heterocycles. The third kappa shape index (κ3) is 8.24. The Morgan fingerprint density at radius 2 is 1.58 bits per heavy atom. The molecule has 0 radical (unpaired) electrons. The first-order chi connectivity index (χ1) is 25.6. The van der Waals surface area contributed by atoms with Gasteiger partial charge >= 0.3 is 0 Å². The fourth-order valence-electron chi connectivity index (χ4n) is 9.51. The van der Waals surface area contributed by atoms with E-state index in [9.17, 15) is 0 Å². The molecular formula is C46H63N7. The van der Waals surface area contributed by atoms with E-state index in [2.05, 4.69) is 111 Å². The molecule has 282 valence electrons. The fourth-order valence-corrected chi connectivity index (χ4v) is 9.51. The van der Waals surface area contributed by atoms with Crippen LogP contribution in [0.25, 0.3) is 11.5 Å². The predicted molar refractivity (Wildman–Crippen MR) is 224 cm³/mol. The topological polar surface area (TPSA) is 70.9 Å². The average molecular weight is 714 g/mol. The number of nitrogens with zero attached hydrogens (tertiary/aromatic N) is 5. The van der Waals surface area contributed by atoms with E-state index in [-0.39, 0.29) is 5.54 Å². The Bertz CT molecular complexity index is 1830. The van der Waals surface area contributed by atoms with E-state index in [1.807, 2.05) is 42.1 Å². The molecule has 1 unspecified atom stereocenters. The molecular weight excluding hydrogens is 651 g/mol. The Kier molecular flexibility index (Phi) is 11.5. The summed E-state index contributed by atoms with van der Waals surface area (Å²) in [5, 5.41) is 11.5. The number of hydrogen-bond acceptors (Lipinski definition) is 6. The highest BCUT2D eigenvalue weighted by Crippen LogP contribution is 2.93. The highest BCUT2D eigenvalue weighted by molar-refractivity contribution is 5.81. The molecule has 3 aromatic heterocycles. The summed E-state index contributed by atoms with van der Waals surface area (Å²) >= 11 is 0. The lowest BCUT2D eigenvalue weighted by Crippen LogP contribution is -2.39. The molecule has 0 amide bonds. The van der Waals surface area contributed by atoms with Crippen LogP contribution in [0, 0.1) is 36.5 Å². The number of fused-ring (bicyclic) bond motifs is 7. The van der Waals surface area contributed by atoms with Gasteiger partial charge in [0.25, 0.3) is 0 Å². The second kappa shape index (κ2) is 15.9. The van der Waals surface area contributed by atoms with Gasteiger partial charge in [-0.2, -0.15) is 5.10 Å². The summed E-state index contributed by atoms with van der Waals surface area (Å²) in [6.07, 6.45) is 15.9. The number of nitrogens with one attached hydrogen (secondary N) is 2. The lowest BCUT2D eigenvalue weighted by atomic mass is 9.93. The Labute approximate surface area is 319 Å². The van der Waals surface area contributed by atoms with Gasteiger partial charge in [0.15, 0.2) is 5.82 Å². The van der Waals surface area contributed by atoms with Crippen molar-refractivity contribution >= 4 is 23.2 Å². The Morgan fingerprint density at radius 3 is 2.19 bits per heavy atom. The molecule has 1 aromatic carbocycles. The lowest BCUT2D eigenvalue weighted by Gasteiger charge is -2.34. The van der Waals surface area contributed by atoms with Crippen molar-refractivity contribution in [1.29, 1.82) is 0 Å². The highest BCUT2D eigenvalue weighted by atomic mass is 15.3. The molecule has 4 bridgehead atoms. The summed E-state index contributed by atoms with van der Waals surface area (Å²) in [4.78, 5) is 12.4. The van der Waals surface area contributed by atoms with Crippen LogP contribution in [0.5, 0.6) is 0 Å². The van der Waals surface area contributed by atoms with Crippen LogP contribution in [0.3, 0.4) is 0 Å². The zero-order valence-electron chi connectivity index (χ0n) is 33.3. The van der Waals surface area contributed by atoms with Crippen molar-refractivity contribution in [3.05, 3.63) is 109 Å². The maximum atomic E-state index is 5.13. The number of benzene rings is 1. The maximum absolute atomic E-state index is 5.13. The minimum Gasteiger partial charge on any atom is -0.370 e. The summed E-state index contributed by atoms with van der Waals surface area (Å²) < 4.78 is 1.84. The number of anilines is 3. The second-order valence-electron chi connectivity index (χ2n) is 16.5. The van der Waals surface area contributed by atoms with Crippen molar-refractivity contribution < 1.29 is 0 Å². The normalized spacial score (nSPS) is 21.8. The van der Waals surface area contributed by atoms with Gasteiger partial charge in [-0.1, -0.05) is 57.2 Å². The minimum absolute atomic E-state index is 0.00535. The number of rotatable bonds is 4. The molecule has 1 atom stereocenters. The van der Waals surface area contributed by atoms with Gasteiger partial charge in [-0.3, -0.25) is 0 Å². The van der Waals surface area contributed by atoms with Gasteiger partial charge < -0.3 is 15.5 Å². The van der Waals surface area contributed by atoms with E-state index in [0.29, 0.717) is 5.92 Å². The van der Waals surface area contributed by atoms with E-state index in [1.165, 1.54) is 24.3 Å². The van der Waals surface area contributed by atoms with Crippen molar-refractivity contribution in [3.63, 3.8) is 0 Å². The van der Waals surface area contributed by atoms with E-state index < -0.39 is 0 Å². The number of aromatic nitrogens is 4. The van der Waals surface area contributed by atoms with Crippen LogP contribution < -0.4 is 15.5 Å². The first-order valence-corrected chi connectivity index (χ1v) is 20.1. The molecule has 53 heavy (non-hydrogen) atoms. The third-order valence-corrected chi connectivity index (χ3v) is 12.4. The first kappa shape index (κ1) is 38.3. The standard InChI is InChI=1S/C26H33N7.C10H16.C8H10.C2H4/c1-17-13-22-27-11-6-7-20-15-26(4,5)32(16-20)25-21(19(3)28-23(14-17)29-22)8-9-24(30-25)33-12-10-18(2)31-33;1-2-3-8-9(4-5-9)10(8)6-7-10;1-2-8-6-4-3-5-7-8;1-2/h8-10,12-14,20H,3,6-7,11,15-16H2,1-2,4-5H3,(H2,27,28,29);8H,2-7H2,1H3;3-7H,2H2,1H3;1-2H2. The van der Waals surface area contributed by atoms with Gasteiger partial charge in [-0.15, -0.1) is 13.2 Å². The van der Waals surface area contributed by atoms with Crippen LogP contribution >= 0.6 is 0 Å². The minimum atomic E-state index is 0.00535. The van der Waals surface area contributed by atoms with Crippen LogP contribution in [-0.2, 0) is 6.42 Å². The van der Waals surface area contributed by atoms with Crippen LogP contribution in [0.4, 0.5) is 17.5 Å². The van der Waals surface area contributed by atoms with Crippen molar-refractivity contribution in [2.75, 3.05) is 28.6 Å². The molecule has 3 aliphatic carbocycles. The fraction of sp³-hybridized carbons (Fsp3) is 0.500. The molecule has 5 heterocycles. The molecule has 4 fully saturated rings. The van der Waals surface area contributed by atoms with Crippen molar-refractivity contribution in [1.82, 2.24) is 19.7 Å². The van der Waals surface area contributed by atoms with Gasteiger partial charge in [-0.05, 0) is 150 Å². The summed E-state index contributed by atoms with van der Waals surface area (Å²) in [5.41, 5.74) is 7.28. The molecule has 7 nitrogen and oxygen atoms in total. The maximum Gasteiger partial charge on any atom is 0.155 e. The van der Waals surface area contributed by atoms with Crippen molar-refractivity contribution in [3.8, 4) is 5.82 Å². The zero-order valence-corrected chi connectivity index (χ0v) is 33.3. The van der Waals surface area contributed by atoms with E-state index in [1.54, 1.807) is 32.1 Å². The lowest BCUT2D eigenvalue weighted by molar-refractivity contribution is 0.448. The molecule has 2 spiro atoms. The number of hydrogen-bond donors (Lipinski definition) is 2. The SMILES string of the molecule is C=C.C=C1Nc2cc(C)cc(n2)NCCCC2CN(c3nc(-n4ccc(C)n4)ccc31)C(C)(C)C2.CCCC1C2(CC2)C12CC2.CCc1ccccc1. The van der Waals surface area contributed by atoms with Crippen LogP contribution in [0.2, 0.25) is 0 Å².